The number of benzene rings is 2. The van der Waals surface area contributed by atoms with Crippen LogP contribution in [0.5, 0.6) is 5.75 Å². The lowest BCUT2D eigenvalue weighted by atomic mass is 10.1. The van der Waals surface area contributed by atoms with E-state index in [1.807, 2.05) is 30.3 Å². The van der Waals surface area contributed by atoms with Gasteiger partial charge in [0.05, 0.1) is 12.6 Å². The summed E-state index contributed by atoms with van der Waals surface area (Å²) in [7, 11) is 0. The zero-order chi connectivity index (χ0) is 15.1. The van der Waals surface area contributed by atoms with Gasteiger partial charge in [0.15, 0.2) is 0 Å². The molecule has 0 spiro atoms. The van der Waals surface area contributed by atoms with Crippen LogP contribution in [0.15, 0.2) is 54.6 Å². The molecule has 110 valence electrons. The first-order valence-corrected chi connectivity index (χ1v) is 6.56. The molecule has 0 aromatic heterocycles. The second kappa shape index (κ2) is 7.31. The third kappa shape index (κ3) is 4.50. The molecular formula is C16H17NO4. The zero-order valence-electron chi connectivity index (χ0n) is 11.4. The summed E-state index contributed by atoms with van der Waals surface area (Å²) in [6.45, 7) is 0.120. The van der Waals surface area contributed by atoms with Crippen LogP contribution in [0.2, 0.25) is 0 Å². The number of aliphatic hydroxyl groups is 1. The fourth-order valence-electron chi connectivity index (χ4n) is 1.95. The van der Waals surface area contributed by atoms with Crippen molar-refractivity contribution in [3.05, 3.63) is 65.7 Å². The number of amides is 1. The molecule has 0 aliphatic heterocycles. The zero-order valence-corrected chi connectivity index (χ0v) is 11.4. The highest BCUT2D eigenvalue weighted by Crippen LogP contribution is 2.20. The molecule has 3 N–H and O–H groups in total. The van der Waals surface area contributed by atoms with E-state index < -0.39 is 12.1 Å². The van der Waals surface area contributed by atoms with Crippen LogP contribution >= 0.6 is 0 Å². The second-order valence-corrected chi connectivity index (χ2v) is 4.53. The number of carboxylic acid groups (broad SMARTS) is 1. The summed E-state index contributed by atoms with van der Waals surface area (Å²) in [5.41, 5.74) is 1.70. The molecular weight excluding hydrogens is 270 g/mol. The summed E-state index contributed by atoms with van der Waals surface area (Å²) in [5, 5.41) is 20.3. The van der Waals surface area contributed by atoms with E-state index in [0.29, 0.717) is 17.9 Å². The number of ether oxygens (including phenoxy) is 1. The molecule has 1 unspecified atom stereocenters. The molecule has 0 heterocycles. The Morgan fingerprint density at radius 3 is 2.57 bits per heavy atom. The molecule has 0 aliphatic carbocycles. The van der Waals surface area contributed by atoms with Crippen molar-refractivity contribution in [2.75, 3.05) is 6.61 Å². The highest BCUT2D eigenvalue weighted by atomic mass is 16.5. The van der Waals surface area contributed by atoms with Gasteiger partial charge in [-0.25, -0.2) is 4.79 Å². The first-order valence-electron chi connectivity index (χ1n) is 6.56. The largest absolute Gasteiger partial charge is 0.489 e. The monoisotopic (exact) mass is 287 g/mol. The van der Waals surface area contributed by atoms with E-state index in [2.05, 4.69) is 5.32 Å². The Balaban J connectivity index is 2.04. The molecule has 2 aromatic rings. The standard InChI is InChI=1S/C16H17NO4/c18-10-15(17-16(19)20)13-7-4-8-14(9-13)21-11-12-5-2-1-3-6-12/h1-9,15,17-18H,10-11H2,(H,19,20). The summed E-state index contributed by atoms with van der Waals surface area (Å²) in [4.78, 5) is 10.7. The third-order valence-electron chi connectivity index (χ3n) is 2.99. The van der Waals surface area contributed by atoms with Gasteiger partial charge in [-0.1, -0.05) is 42.5 Å². The van der Waals surface area contributed by atoms with Gasteiger partial charge in [-0.3, -0.25) is 0 Å². The molecule has 0 saturated carbocycles. The maximum atomic E-state index is 10.7. The van der Waals surface area contributed by atoms with Crippen LogP contribution < -0.4 is 10.1 Å². The van der Waals surface area contributed by atoms with E-state index in [-0.39, 0.29) is 6.61 Å². The lowest BCUT2D eigenvalue weighted by molar-refractivity contribution is 0.177. The summed E-state index contributed by atoms with van der Waals surface area (Å²) in [6, 6.07) is 16.1. The lowest BCUT2D eigenvalue weighted by Crippen LogP contribution is -2.29. The average Bonchev–Trinajstić information content (AvgIpc) is 2.52. The normalized spacial score (nSPS) is 11.7. The van der Waals surface area contributed by atoms with Gasteiger partial charge < -0.3 is 20.3 Å². The van der Waals surface area contributed by atoms with Gasteiger partial charge in [0.25, 0.3) is 0 Å². The number of carbonyl (C=O) groups is 1. The lowest BCUT2D eigenvalue weighted by Gasteiger charge is -2.15. The van der Waals surface area contributed by atoms with Crippen LogP contribution in [-0.4, -0.2) is 22.9 Å². The molecule has 5 nitrogen and oxygen atoms in total. The molecule has 0 bridgehead atoms. The SMILES string of the molecule is O=C(O)NC(CO)c1cccc(OCc2ccccc2)c1. The Kier molecular flexibility index (Phi) is 5.17. The molecule has 0 aliphatic rings. The Labute approximate surface area is 122 Å². The summed E-state index contributed by atoms with van der Waals surface area (Å²) in [5.74, 6) is 0.627. The van der Waals surface area contributed by atoms with Gasteiger partial charge in [-0.05, 0) is 23.3 Å². The molecule has 0 fully saturated rings. The Bertz CT molecular complexity index is 586. The van der Waals surface area contributed by atoms with E-state index in [9.17, 15) is 9.90 Å². The minimum Gasteiger partial charge on any atom is -0.489 e. The summed E-state index contributed by atoms with van der Waals surface area (Å²) in [6.07, 6.45) is -1.18. The highest BCUT2D eigenvalue weighted by Gasteiger charge is 2.13. The van der Waals surface area contributed by atoms with Crippen molar-refractivity contribution < 1.29 is 19.7 Å². The predicted octanol–water partition coefficient (Wildman–Crippen LogP) is 2.57. The van der Waals surface area contributed by atoms with E-state index in [0.717, 1.165) is 5.56 Å². The summed E-state index contributed by atoms with van der Waals surface area (Å²) >= 11 is 0. The van der Waals surface area contributed by atoms with Gasteiger partial charge in [0.1, 0.15) is 12.4 Å². The molecule has 2 aromatic carbocycles. The Morgan fingerprint density at radius 1 is 1.14 bits per heavy atom. The first kappa shape index (κ1) is 14.9. The van der Waals surface area contributed by atoms with Gasteiger partial charge >= 0.3 is 6.09 Å². The fraction of sp³-hybridized carbons (Fsp3) is 0.188. The average molecular weight is 287 g/mol. The van der Waals surface area contributed by atoms with E-state index in [1.54, 1.807) is 24.3 Å². The summed E-state index contributed by atoms with van der Waals surface area (Å²) < 4.78 is 5.68. The number of rotatable bonds is 6. The van der Waals surface area contributed by atoms with Gasteiger partial charge in [0.2, 0.25) is 0 Å². The molecule has 1 atom stereocenters. The van der Waals surface area contributed by atoms with Crippen LogP contribution in [0.3, 0.4) is 0 Å². The molecule has 1 amide bonds. The topological polar surface area (TPSA) is 78.8 Å². The first-order chi connectivity index (χ1) is 10.2. The predicted molar refractivity (Wildman–Crippen MR) is 78.2 cm³/mol. The van der Waals surface area contributed by atoms with Gasteiger partial charge in [-0.15, -0.1) is 0 Å². The smallest absolute Gasteiger partial charge is 0.405 e. The van der Waals surface area contributed by atoms with Crippen molar-refractivity contribution >= 4 is 6.09 Å². The molecule has 2 rings (SSSR count). The van der Waals surface area contributed by atoms with Crippen LogP contribution in [0, 0.1) is 0 Å². The Morgan fingerprint density at radius 2 is 1.90 bits per heavy atom. The molecule has 5 heteroatoms. The fourth-order valence-corrected chi connectivity index (χ4v) is 1.95. The molecule has 0 saturated heterocycles. The third-order valence-corrected chi connectivity index (χ3v) is 2.99. The maximum Gasteiger partial charge on any atom is 0.405 e. The van der Waals surface area contributed by atoms with Crippen LogP contribution in [0.4, 0.5) is 4.79 Å². The van der Waals surface area contributed by atoms with Crippen molar-refractivity contribution in [2.45, 2.75) is 12.6 Å². The van der Waals surface area contributed by atoms with Crippen molar-refractivity contribution in [1.82, 2.24) is 5.32 Å². The Hall–Kier alpha value is -2.53. The van der Waals surface area contributed by atoms with Gasteiger partial charge in [0, 0.05) is 0 Å². The van der Waals surface area contributed by atoms with E-state index in [1.165, 1.54) is 0 Å². The quantitative estimate of drug-likeness (QED) is 0.763. The van der Waals surface area contributed by atoms with E-state index >= 15 is 0 Å². The second-order valence-electron chi connectivity index (χ2n) is 4.53. The van der Waals surface area contributed by atoms with Crippen molar-refractivity contribution in [1.29, 1.82) is 0 Å². The van der Waals surface area contributed by atoms with Crippen LogP contribution in [0.1, 0.15) is 17.2 Å². The number of nitrogens with one attached hydrogen (secondary N) is 1. The molecule has 21 heavy (non-hydrogen) atoms. The highest BCUT2D eigenvalue weighted by molar-refractivity contribution is 5.65. The molecule has 0 radical (unpaired) electrons. The minimum atomic E-state index is -1.18. The van der Waals surface area contributed by atoms with Crippen molar-refractivity contribution in [3.8, 4) is 5.75 Å². The van der Waals surface area contributed by atoms with Crippen molar-refractivity contribution in [2.24, 2.45) is 0 Å². The number of hydrogen-bond donors (Lipinski definition) is 3. The van der Waals surface area contributed by atoms with Gasteiger partial charge in [-0.2, -0.15) is 0 Å². The van der Waals surface area contributed by atoms with Crippen LogP contribution in [-0.2, 0) is 6.61 Å². The van der Waals surface area contributed by atoms with Crippen molar-refractivity contribution in [3.63, 3.8) is 0 Å². The minimum absolute atomic E-state index is 0.311. The van der Waals surface area contributed by atoms with E-state index in [4.69, 9.17) is 9.84 Å². The maximum absolute atomic E-state index is 10.7. The van der Waals surface area contributed by atoms with Crippen LogP contribution in [0.25, 0.3) is 0 Å². The number of hydrogen-bond acceptors (Lipinski definition) is 3. The number of aliphatic hydroxyl groups excluding tert-OH is 1.